The highest BCUT2D eigenvalue weighted by atomic mass is 32.2. The molecule has 4 rings (SSSR count). The molecule has 0 atom stereocenters. The third-order valence-electron chi connectivity index (χ3n) is 5.14. The molecule has 7 nitrogen and oxygen atoms in total. The number of carbonyl (C=O) groups excluding carboxylic acids is 2. The van der Waals surface area contributed by atoms with E-state index in [1.807, 2.05) is 0 Å². The quantitative estimate of drug-likeness (QED) is 0.729. The van der Waals surface area contributed by atoms with E-state index in [9.17, 15) is 18.0 Å². The van der Waals surface area contributed by atoms with Crippen LogP contribution in [0.25, 0.3) is 0 Å². The van der Waals surface area contributed by atoms with Gasteiger partial charge in [0.1, 0.15) is 0 Å². The van der Waals surface area contributed by atoms with Crippen molar-refractivity contribution in [3.63, 3.8) is 0 Å². The number of benzene rings is 2. The Morgan fingerprint density at radius 3 is 2.52 bits per heavy atom. The Morgan fingerprint density at radius 2 is 1.86 bits per heavy atom. The zero-order valence-electron chi connectivity index (χ0n) is 15.9. The molecule has 2 aromatic carbocycles. The second-order valence-corrected chi connectivity index (χ2v) is 9.20. The number of anilines is 2. The molecule has 0 bridgehead atoms. The monoisotopic (exact) mass is 413 g/mol. The van der Waals surface area contributed by atoms with Crippen LogP contribution in [0.1, 0.15) is 31.2 Å². The van der Waals surface area contributed by atoms with Gasteiger partial charge in [0, 0.05) is 36.8 Å². The van der Waals surface area contributed by atoms with Gasteiger partial charge in [-0.15, -0.1) is 0 Å². The van der Waals surface area contributed by atoms with E-state index < -0.39 is 10.0 Å². The van der Waals surface area contributed by atoms with Gasteiger partial charge in [0.15, 0.2) is 0 Å². The van der Waals surface area contributed by atoms with Gasteiger partial charge < -0.3 is 10.2 Å². The second kappa shape index (κ2) is 7.96. The van der Waals surface area contributed by atoms with Gasteiger partial charge >= 0.3 is 0 Å². The molecule has 1 saturated heterocycles. The van der Waals surface area contributed by atoms with Crippen LogP contribution in [0.4, 0.5) is 11.4 Å². The molecule has 29 heavy (non-hydrogen) atoms. The summed E-state index contributed by atoms with van der Waals surface area (Å²) < 4.78 is 27.8. The lowest BCUT2D eigenvalue weighted by Crippen LogP contribution is -2.25. The Balaban J connectivity index is 1.39. The fraction of sp³-hybridized carbons (Fsp3) is 0.333. The van der Waals surface area contributed by atoms with Crippen molar-refractivity contribution in [2.45, 2.75) is 37.1 Å². The van der Waals surface area contributed by atoms with Gasteiger partial charge in [0.2, 0.25) is 21.8 Å². The molecule has 2 N–H and O–H groups in total. The van der Waals surface area contributed by atoms with Crippen LogP contribution in [0, 0.1) is 5.92 Å². The largest absolute Gasteiger partial charge is 0.326 e. The zero-order valence-corrected chi connectivity index (χ0v) is 16.7. The molecule has 0 radical (unpaired) electrons. The molecule has 0 spiro atoms. The number of nitrogens with one attached hydrogen (secondary N) is 2. The van der Waals surface area contributed by atoms with E-state index in [1.54, 1.807) is 41.3 Å². The van der Waals surface area contributed by atoms with Gasteiger partial charge in [-0.1, -0.05) is 12.1 Å². The van der Waals surface area contributed by atoms with Crippen LogP contribution < -0.4 is 14.9 Å². The number of sulfonamides is 1. The van der Waals surface area contributed by atoms with Crippen molar-refractivity contribution in [1.29, 1.82) is 0 Å². The molecule has 1 heterocycles. The Labute approximate surface area is 170 Å². The number of carbonyl (C=O) groups is 2. The molecule has 2 aliphatic rings. The van der Waals surface area contributed by atoms with Crippen LogP contribution in [0.5, 0.6) is 0 Å². The molecule has 0 aromatic heterocycles. The van der Waals surface area contributed by atoms with Gasteiger partial charge in [-0.25, -0.2) is 13.1 Å². The van der Waals surface area contributed by atoms with Crippen molar-refractivity contribution in [3.8, 4) is 0 Å². The summed E-state index contributed by atoms with van der Waals surface area (Å²) in [5.74, 6) is 0.183. The molecule has 1 aliphatic carbocycles. The maximum absolute atomic E-state index is 12.6. The SMILES string of the molecule is O=C(Nc1cccc(CNS(=O)(=O)c2ccc(N3CCCC3=O)cc2)c1)C1CC1. The molecular weight excluding hydrogens is 390 g/mol. The van der Waals surface area contributed by atoms with Crippen molar-refractivity contribution in [2.24, 2.45) is 5.92 Å². The first-order valence-corrected chi connectivity index (χ1v) is 11.2. The van der Waals surface area contributed by atoms with Crippen LogP contribution >= 0.6 is 0 Å². The predicted octanol–water partition coefficient (Wildman–Crippen LogP) is 2.64. The van der Waals surface area contributed by atoms with Crippen LogP contribution in [0.15, 0.2) is 53.4 Å². The number of rotatable bonds is 7. The number of amides is 2. The minimum absolute atomic E-state index is 0.0132. The fourth-order valence-corrected chi connectivity index (χ4v) is 4.35. The summed E-state index contributed by atoms with van der Waals surface area (Å²) >= 11 is 0. The van der Waals surface area contributed by atoms with E-state index in [0.29, 0.717) is 24.3 Å². The van der Waals surface area contributed by atoms with Crippen LogP contribution in [0.2, 0.25) is 0 Å². The molecule has 2 fully saturated rings. The Bertz CT molecular complexity index is 1030. The fourth-order valence-electron chi connectivity index (χ4n) is 3.34. The van der Waals surface area contributed by atoms with Gasteiger partial charge in [0.25, 0.3) is 0 Å². The lowest BCUT2D eigenvalue weighted by Gasteiger charge is -2.16. The average Bonchev–Trinajstić information content (AvgIpc) is 3.48. The maximum Gasteiger partial charge on any atom is 0.240 e. The number of nitrogens with zero attached hydrogens (tertiary/aromatic N) is 1. The Kier molecular flexibility index (Phi) is 5.38. The highest BCUT2D eigenvalue weighted by molar-refractivity contribution is 7.89. The highest BCUT2D eigenvalue weighted by Crippen LogP contribution is 2.30. The molecule has 2 amide bonds. The summed E-state index contributed by atoms with van der Waals surface area (Å²) in [6, 6.07) is 13.5. The van der Waals surface area contributed by atoms with Crippen LogP contribution in [0.3, 0.4) is 0 Å². The summed E-state index contributed by atoms with van der Waals surface area (Å²) in [6.07, 6.45) is 3.20. The molecule has 152 valence electrons. The summed E-state index contributed by atoms with van der Waals surface area (Å²) in [5, 5.41) is 2.86. The predicted molar refractivity (Wildman–Crippen MR) is 110 cm³/mol. The van der Waals surface area contributed by atoms with Crippen LogP contribution in [-0.4, -0.2) is 26.8 Å². The van der Waals surface area contributed by atoms with Gasteiger partial charge in [-0.3, -0.25) is 9.59 Å². The lowest BCUT2D eigenvalue weighted by atomic mass is 10.2. The molecule has 8 heteroatoms. The molecule has 1 saturated carbocycles. The zero-order chi connectivity index (χ0) is 20.4. The summed E-state index contributed by atoms with van der Waals surface area (Å²) in [7, 11) is -3.69. The summed E-state index contributed by atoms with van der Waals surface area (Å²) in [5.41, 5.74) is 2.13. The summed E-state index contributed by atoms with van der Waals surface area (Å²) in [4.78, 5) is 25.5. The first-order valence-electron chi connectivity index (χ1n) is 9.72. The third kappa shape index (κ3) is 4.65. The van der Waals surface area contributed by atoms with Gasteiger partial charge in [0.05, 0.1) is 4.90 Å². The molecular formula is C21H23N3O4S. The van der Waals surface area contributed by atoms with Crippen molar-refractivity contribution in [3.05, 3.63) is 54.1 Å². The third-order valence-corrected chi connectivity index (χ3v) is 6.56. The molecule has 2 aromatic rings. The first-order chi connectivity index (χ1) is 13.9. The van der Waals surface area contributed by atoms with E-state index in [1.165, 1.54) is 12.1 Å². The van der Waals surface area contributed by atoms with E-state index in [0.717, 1.165) is 24.8 Å². The highest BCUT2D eigenvalue weighted by Gasteiger charge is 2.29. The average molecular weight is 413 g/mol. The smallest absolute Gasteiger partial charge is 0.240 e. The van der Waals surface area contributed by atoms with E-state index >= 15 is 0 Å². The normalized spacial score (nSPS) is 16.8. The van der Waals surface area contributed by atoms with Gasteiger partial charge in [-0.2, -0.15) is 0 Å². The standard InChI is InChI=1S/C21H23N3O4S/c25-20-5-2-12-24(20)18-8-10-19(11-9-18)29(27,28)22-14-15-3-1-4-17(13-15)23-21(26)16-6-7-16/h1,3-4,8-11,13,16,22H,2,5-7,12,14H2,(H,23,26). The van der Waals surface area contributed by atoms with Crippen molar-refractivity contribution >= 4 is 33.2 Å². The molecule has 0 unspecified atom stereocenters. The summed E-state index contributed by atoms with van der Waals surface area (Å²) in [6.45, 7) is 0.776. The first kappa shape index (κ1) is 19.6. The van der Waals surface area contributed by atoms with E-state index in [2.05, 4.69) is 10.0 Å². The minimum Gasteiger partial charge on any atom is -0.326 e. The van der Waals surface area contributed by atoms with Gasteiger partial charge in [-0.05, 0) is 61.2 Å². The van der Waals surface area contributed by atoms with E-state index in [4.69, 9.17) is 0 Å². The Hall–Kier alpha value is -2.71. The topological polar surface area (TPSA) is 95.6 Å². The minimum atomic E-state index is -3.69. The lowest BCUT2D eigenvalue weighted by molar-refractivity contribution is -0.118. The Morgan fingerprint density at radius 1 is 1.10 bits per heavy atom. The van der Waals surface area contributed by atoms with Crippen molar-refractivity contribution in [1.82, 2.24) is 4.72 Å². The van der Waals surface area contributed by atoms with Crippen LogP contribution in [-0.2, 0) is 26.2 Å². The van der Waals surface area contributed by atoms with Crippen molar-refractivity contribution in [2.75, 3.05) is 16.8 Å². The van der Waals surface area contributed by atoms with E-state index in [-0.39, 0.29) is 29.2 Å². The number of hydrogen-bond donors (Lipinski definition) is 2. The molecule has 1 aliphatic heterocycles. The second-order valence-electron chi connectivity index (χ2n) is 7.43. The maximum atomic E-state index is 12.6. The number of hydrogen-bond acceptors (Lipinski definition) is 4. The van der Waals surface area contributed by atoms with Crippen molar-refractivity contribution < 1.29 is 18.0 Å².